The lowest BCUT2D eigenvalue weighted by molar-refractivity contribution is -0.117. The smallest absolute Gasteiger partial charge is 0.407 e. The monoisotopic (exact) mass is 466 g/mol. The number of rotatable bonds is 6. The zero-order valence-electron chi connectivity index (χ0n) is 18.0. The van der Waals surface area contributed by atoms with E-state index >= 15 is 0 Å². The molecule has 4 rings (SSSR count). The standard InChI is InChI=1S/C25H20F2N2O5/c1-13(23(30)29-22-11-21(27)20(26)10-18(22)24(31)32)28-25(33)34-12-19-16-8-4-2-6-14(16)15-7-3-5-9-17(15)19/h2-11,13,19H,12H2,1H3,(H,28,33)(H,29,30)(H,31,32)/t13-/m1/s1. The van der Waals surface area contributed by atoms with Crippen LogP contribution in [0.15, 0.2) is 60.7 Å². The van der Waals surface area contributed by atoms with E-state index in [4.69, 9.17) is 9.84 Å². The molecule has 3 aromatic carbocycles. The molecule has 0 unspecified atom stereocenters. The summed E-state index contributed by atoms with van der Waals surface area (Å²) >= 11 is 0. The van der Waals surface area contributed by atoms with Crippen molar-refractivity contribution in [2.45, 2.75) is 18.9 Å². The first-order valence-corrected chi connectivity index (χ1v) is 10.4. The number of hydrogen-bond acceptors (Lipinski definition) is 4. The van der Waals surface area contributed by atoms with Crippen LogP contribution < -0.4 is 10.6 Å². The molecular formula is C25H20F2N2O5. The number of carboxylic acid groups (broad SMARTS) is 1. The van der Waals surface area contributed by atoms with Crippen LogP contribution in [-0.2, 0) is 9.53 Å². The summed E-state index contributed by atoms with van der Waals surface area (Å²) in [4.78, 5) is 36.0. The van der Waals surface area contributed by atoms with Gasteiger partial charge in [0.2, 0.25) is 5.91 Å². The van der Waals surface area contributed by atoms with E-state index in [-0.39, 0.29) is 12.5 Å². The summed E-state index contributed by atoms with van der Waals surface area (Å²) < 4.78 is 32.3. The van der Waals surface area contributed by atoms with E-state index in [0.29, 0.717) is 12.1 Å². The van der Waals surface area contributed by atoms with Gasteiger partial charge in [-0.2, -0.15) is 0 Å². The maximum absolute atomic E-state index is 13.5. The number of halogens is 2. The molecular weight excluding hydrogens is 446 g/mol. The number of fused-ring (bicyclic) bond motifs is 3. The topological polar surface area (TPSA) is 105 Å². The Kier molecular flexibility index (Phi) is 6.27. The van der Waals surface area contributed by atoms with E-state index in [1.165, 1.54) is 6.92 Å². The minimum absolute atomic E-state index is 0.0422. The van der Waals surface area contributed by atoms with Crippen molar-refractivity contribution in [3.8, 4) is 11.1 Å². The fraction of sp³-hybridized carbons (Fsp3) is 0.160. The number of hydrogen-bond donors (Lipinski definition) is 3. The number of carbonyl (C=O) groups excluding carboxylic acids is 2. The third kappa shape index (κ3) is 4.45. The van der Waals surface area contributed by atoms with Crippen LogP contribution in [0.1, 0.15) is 34.3 Å². The predicted octanol–water partition coefficient (Wildman–Crippen LogP) is 4.53. The number of amides is 2. The first-order chi connectivity index (χ1) is 16.3. The van der Waals surface area contributed by atoms with Crippen molar-refractivity contribution in [1.82, 2.24) is 5.32 Å². The van der Waals surface area contributed by atoms with Gasteiger partial charge in [0.1, 0.15) is 12.6 Å². The molecule has 1 atom stereocenters. The summed E-state index contributed by atoms with van der Waals surface area (Å²) in [5.74, 6) is -5.23. The molecule has 1 aliphatic rings. The van der Waals surface area contributed by atoms with Gasteiger partial charge in [-0.05, 0) is 35.2 Å². The Hall–Kier alpha value is -4.27. The molecule has 0 aromatic heterocycles. The predicted molar refractivity (Wildman–Crippen MR) is 120 cm³/mol. The molecule has 0 saturated heterocycles. The Morgan fingerprint density at radius 3 is 2.12 bits per heavy atom. The van der Waals surface area contributed by atoms with E-state index in [0.717, 1.165) is 22.3 Å². The number of benzene rings is 3. The van der Waals surface area contributed by atoms with Crippen molar-refractivity contribution >= 4 is 23.7 Å². The SMILES string of the molecule is C[C@@H](NC(=O)OCC1c2ccccc2-c2ccccc21)C(=O)Nc1cc(F)c(F)cc1C(=O)O. The molecule has 0 heterocycles. The number of carboxylic acids is 1. The molecule has 9 heteroatoms. The van der Waals surface area contributed by atoms with Gasteiger partial charge in [-0.1, -0.05) is 48.5 Å². The Bertz CT molecular complexity index is 1250. The number of carbonyl (C=O) groups is 3. The van der Waals surface area contributed by atoms with E-state index in [1.807, 2.05) is 48.5 Å². The van der Waals surface area contributed by atoms with Gasteiger partial charge >= 0.3 is 12.1 Å². The second-order valence-electron chi connectivity index (χ2n) is 7.80. The number of aromatic carboxylic acids is 1. The van der Waals surface area contributed by atoms with Crippen LogP contribution in [-0.4, -0.2) is 35.7 Å². The summed E-state index contributed by atoms with van der Waals surface area (Å²) in [5.41, 5.74) is 3.14. The van der Waals surface area contributed by atoms with Crippen LogP contribution in [0.2, 0.25) is 0 Å². The number of anilines is 1. The molecule has 0 radical (unpaired) electrons. The molecule has 34 heavy (non-hydrogen) atoms. The fourth-order valence-corrected chi connectivity index (χ4v) is 3.95. The van der Waals surface area contributed by atoms with Crippen LogP contribution >= 0.6 is 0 Å². The number of nitrogens with one attached hydrogen (secondary N) is 2. The van der Waals surface area contributed by atoms with E-state index in [2.05, 4.69) is 10.6 Å². The van der Waals surface area contributed by atoms with Crippen molar-refractivity contribution in [1.29, 1.82) is 0 Å². The van der Waals surface area contributed by atoms with Crippen LogP contribution in [0, 0.1) is 11.6 Å². The van der Waals surface area contributed by atoms with Crippen molar-refractivity contribution in [2.24, 2.45) is 0 Å². The van der Waals surface area contributed by atoms with Crippen molar-refractivity contribution in [2.75, 3.05) is 11.9 Å². The summed E-state index contributed by atoms with van der Waals surface area (Å²) in [7, 11) is 0. The summed E-state index contributed by atoms with van der Waals surface area (Å²) in [6.07, 6.45) is -0.853. The summed E-state index contributed by atoms with van der Waals surface area (Å²) in [6.45, 7) is 1.39. The average molecular weight is 466 g/mol. The van der Waals surface area contributed by atoms with E-state index in [9.17, 15) is 23.2 Å². The number of alkyl carbamates (subject to hydrolysis) is 1. The molecule has 0 aliphatic heterocycles. The number of ether oxygens (including phenoxy) is 1. The fourth-order valence-electron chi connectivity index (χ4n) is 3.95. The molecule has 174 valence electrons. The van der Waals surface area contributed by atoms with Gasteiger partial charge in [-0.15, -0.1) is 0 Å². The van der Waals surface area contributed by atoms with Gasteiger partial charge in [0.25, 0.3) is 0 Å². The molecule has 2 amide bonds. The molecule has 0 spiro atoms. The highest BCUT2D eigenvalue weighted by Crippen LogP contribution is 2.44. The second-order valence-corrected chi connectivity index (χ2v) is 7.80. The van der Waals surface area contributed by atoms with Gasteiger partial charge in [0.15, 0.2) is 11.6 Å². The van der Waals surface area contributed by atoms with E-state index in [1.54, 1.807) is 0 Å². The van der Waals surface area contributed by atoms with E-state index < -0.39 is 46.9 Å². The van der Waals surface area contributed by atoms with Gasteiger partial charge < -0.3 is 20.5 Å². The maximum Gasteiger partial charge on any atom is 0.407 e. The van der Waals surface area contributed by atoms with Gasteiger partial charge in [-0.25, -0.2) is 18.4 Å². The van der Waals surface area contributed by atoms with Crippen LogP contribution in [0.4, 0.5) is 19.3 Å². The molecule has 0 saturated carbocycles. The third-order valence-corrected chi connectivity index (χ3v) is 5.62. The van der Waals surface area contributed by atoms with Gasteiger partial charge in [-0.3, -0.25) is 4.79 Å². The first kappa shape index (κ1) is 22.9. The van der Waals surface area contributed by atoms with Crippen molar-refractivity contribution in [3.63, 3.8) is 0 Å². The van der Waals surface area contributed by atoms with Crippen LogP contribution in [0.25, 0.3) is 11.1 Å². The van der Waals surface area contributed by atoms with Gasteiger partial charge in [0.05, 0.1) is 11.3 Å². The molecule has 1 aliphatic carbocycles. The Labute approximate surface area is 193 Å². The van der Waals surface area contributed by atoms with Crippen LogP contribution in [0.3, 0.4) is 0 Å². The Morgan fingerprint density at radius 2 is 1.53 bits per heavy atom. The lowest BCUT2D eigenvalue weighted by atomic mass is 9.98. The molecule has 7 nitrogen and oxygen atoms in total. The van der Waals surface area contributed by atoms with Gasteiger partial charge in [0, 0.05) is 12.0 Å². The zero-order chi connectivity index (χ0) is 24.4. The first-order valence-electron chi connectivity index (χ1n) is 10.4. The quantitative estimate of drug-likeness (QED) is 0.495. The minimum atomic E-state index is -1.55. The lowest BCUT2D eigenvalue weighted by Gasteiger charge is -2.17. The molecule has 0 fully saturated rings. The zero-order valence-corrected chi connectivity index (χ0v) is 18.0. The minimum Gasteiger partial charge on any atom is -0.478 e. The largest absolute Gasteiger partial charge is 0.478 e. The van der Waals surface area contributed by atoms with Crippen molar-refractivity contribution < 1.29 is 33.0 Å². The Balaban J connectivity index is 1.39. The highest BCUT2D eigenvalue weighted by Gasteiger charge is 2.29. The Morgan fingerprint density at radius 1 is 0.971 bits per heavy atom. The normalized spacial score (nSPS) is 12.9. The van der Waals surface area contributed by atoms with Crippen molar-refractivity contribution in [3.05, 3.63) is 89.0 Å². The average Bonchev–Trinajstić information content (AvgIpc) is 3.13. The second kappa shape index (κ2) is 9.30. The molecule has 3 aromatic rings. The molecule has 0 bridgehead atoms. The lowest BCUT2D eigenvalue weighted by Crippen LogP contribution is -2.42. The highest BCUT2D eigenvalue weighted by atomic mass is 19.2. The summed E-state index contributed by atoms with van der Waals surface area (Å²) in [5, 5.41) is 13.7. The highest BCUT2D eigenvalue weighted by molar-refractivity contribution is 6.02. The maximum atomic E-state index is 13.5. The third-order valence-electron chi connectivity index (χ3n) is 5.62. The van der Waals surface area contributed by atoms with Crippen LogP contribution in [0.5, 0.6) is 0 Å². The summed E-state index contributed by atoms with van der Waals surface area (Å²) in [6, 6.07) is 15.5. The molecule has 3 N–H and O–H groups in total.